The van der Waals surface area contributed by atoms with Crippen molar-refractivity contribution in [3.8, 4) is 0 Å². The molecule has 0 aliphatic rings. The molecule has 4 heteroatoms. The Kier molecular flexibility index (Phi) is 6.90. The van der Waals surface area contributed by atoms with Gasteiger partial charge in [0, 0.05) is 22.6 Å². The SMILES string of the molecule is Br.Clc1ccc(NCCBr)cc1. The highest BCUT2D eigenvalue weighted by molar-refractivity contribution is 9.09. The van der Waals surface area contributed by atoms with Gasteiger partial charge in [-0.25, -0.2) is 0 Å². The third-order valence-corrected chi connectivity index (χ3v) is 1.92. The summed E-state index contributed by atoms with van der Waals surface area (Å²) < 4.78 is 0. The number of halogens is 3. The predicted molar refractivity (Wildman–Crippen MR) is 64.1 cm³/mol. The molecule has 0 saturated heterocycles. The van der Waals surface area contributed by atoms with Gasteiger partial charge in [-0.05, 0) is 24.3 Å². The Labute approximate surface area is 96.4 Å². The number of hydrogen-bond donors (Lipinski definition) is 1. The third-order valence-electron chi connectivity index (χ3n) is 1.27. The topological polar surface area (TPSA) is 12.0 Å². The van der Waals surface area contributed by atoms with E-state index in [0.29, 0.717) is 0 Å². The summed E-state index contributed by atoms with van der Waals surface area (Å²) in [7, 11) is 0. The van der Waals surface area contributed by atoms with Gasteiger partial charge in [0.15, 0.2) is 0 Å². The smallest absolute Gasteiger partial charge is 0.0407 e. The van der Waals surface area contributed by atoms with E-state index in [0.717, 1.165) is 22.6 Å². The van der Waals surface area contributed by atoms with Crippen molar-refractivity contribution in [3.63, 3.8) is 0 Å². The molecule has 1 rings (SSSR count). The molecular weight excluding hydrogens is 305 g/mol. The zero-order valence-electron chi connectivity index (χ0n) is 6.39. The van der Waals surface area contributed by atoms with Gasteiger partial charge in [0.2, 0.25) is 0 Å². The lowest BCUT2D eigenvalue weighted by Gasteiger charge is -2.02. The minimum Gasteiger partial charge on any atom is -0.384 e. The first-order chi connectivity index (χ1) is 5.33. The molecule has 0 amide bonds. The van der Waals surface area contributed by atoms with Crippen LogP contribution in [0.2, 0.25) is 5.02 Å². The van der Waals surface area contributed by atoms with E-state index in [1.54, 1.807) is 0 Å². The first kappa shape index (κ1) is 12.3. The predicted octanol–water partition coefficient (Wildman–Crippen LogP) is 3.72. The van der Waals surface area contributed by atoms with E-state index in [4.69, 9.17) is 11.6 Å². The summed E-state index contributed by atoms with van der Waals surface area (Å²) in [6, 6.07) is 7.67. The second kappa shape index (κ2) is 6.75. The molecule has 12 heavy (non-hydrogen) atoms. The van der Waals surface area contributed by atoms with E-state index < -0.39 is 0 Å². The van der Waals surface area contributed by atoms with Gasteiger partial charge in [0.1, 0.15) is 0 Å². The van der Waals surface area contributed by atoms with Crippen LogP contribution < -0.4 is 5.32 Å². The molecule has 0 unspecified atom stereocenters. The summed E-state index contributed by atoms with van der Waals surface area (Å²) in [6.45, 7) is 0.932. The Morgan fingerprint density at radius 2 is 1.83 bits per heavy atom. The number of benzene rings is 1. The monoisotopic (exact) mass is 313 g/mol. The molecule has 0 aliphatic carbocycles. The molecule has 0 heterocycles. The number of anilines is 1. The van der Waals surface area contributed by atoms with Crippen molar-refractivity contribution in [2.45, 2.75) is 0 Å². The van der Waals surface area contributed by atoms with E-state index in [-0.39, 0.29) is 17.0 Å². The average Bonchev–Trinajstić information content (AvgIpc) is 2.04. The highest BCUT2D eigenvalue weighted by Gasteiger charge is 1.89. The van der Waals surface area contributed by atoms with Gasteiger partial charge < -0.3 is 5.32 Å². The van der Waals surface area contributed by atoms with Crippen LogP contribution in [0, 0.1) is 0 Å². The molecule has 0 radical (unpaired) electrons. The fraction of sp³-hybridized carbons (Fsp3) is 0.250. The quantitative estimate of drug-likeness (QED) is 0.838. The van der Waals surface area contributed by atoms with Crippen LogP contribution >= 0.6 is 44.5 Å². The highest BCUT2D eigenvalue weighted by Crippen LogP contribution is 2.12. The van der Waals surface area contributed by atoms with E-state index in [9.17, 15) is 0 Å². The van der Waals surface area contributed by atoms with Crippen molar-refractivity contribution in [3.05, 3.63) is 29.3 Å². The second-order valence-corrected chi connectivity index (χ2v) is 3.35. The number of alkyl halides is 1. The summed E-state index contributed by atoms with van der Waals surface area (Å²) in [5.74, 6) is 0. The van der Waals surface area contributed by atoms with Gasteiger partial charge in [0.05, 0.1) is 0 Å². The zero-order valence-corrected chi connectivity index (χ0v) is 10.4. The Morgan fingerprint density at radius 3 is 2.33 bits per heavy atom. The maximum Gasteiger partial charge on any atom is 0.0407 e. The molecule has 0 fully saturated rings. The van der Waals surface area contributed by atoms with Crippen molar-refractivity contribution in [1.82, 2.24) is 0 Å². The third kappa shape index (κ3) is 4.33. The largest absolute Gasteiger partial charge is 0.384 e. The van der Waals surface area contributed by atoms with E-state index in [1.807, 2.05) is 24.3 Å². The molecule has 0 aliphatic heterocycles. The standard InChI is InChI=1S/C8H9BrClN.BrH/c9-5-6-11-8-3-1-7(10)2-4-8;/h1-4,11H,5-6H2;1H. The Hall–Kier alpha value is 0.270. The number of hydrogen-bond acceptors (Lipinski definition) is 1. The zero-order chi connectivity index (χ0) is 8.10. The Morgan fingerprint density at radius 1 is 1.25 bits per heavy atom. The maximum atomic E-state index is 5.71. The Balaban J connectivity index is 0.00000121. The van der Waals surface area contributed by atoms with Crippen molar-refractivity contribution in [2.75, 3.05) is 17.2 Å². The van der Waals surface area contributed by atoms with Gasteiger partial charge in [-0.15, -0.1) is 17.0 Å². The molecule has 68 valence electrons. The first-order valence-corrected chi connectivity index (χ1v) is 4.88. The van der Waals surface area contributed by atoms with Crippen molar-refractivity contribution >= 4 is 50.2 Å². The minimum atomic E-state index is 0. The molecule has 0 bridgehead atoms. The van der Waals surface area contributed by atoms with Gasteiger partial charge in [-0.2, -0.15) is 0 Å². The summed E-state index contributed by atoms with van der Waals surface area (Å²) in [6.07, 6.45) is 0. The first-order valence-electron chi connectivity index (χ1n) is 3.38. The summed E-state index contributed by atoms with van der Waals surface area (Å²) >= 11 is 9.04. The number of nitrogens with one attached hydrogen (secondary N) is 1. The second-order valence-electron chi connectivity index (χ2n) is 2.12. The molecule has 1 nitrogen and oxygen atoms in total. The van der Waals surface area contributed by atoms with Crippen LogP contribution in [0.4, 0.5) is 5.69 Å². The molecule has 0 saturated carbocycles. The van der Waals surface area contributed by atoms with Crippen LogP contribution in [0.15, 0.2) is 24.3 Å². The van der Waals surface area contributed by atoms with Gasteiger partial charge in [-0.1, -0.05) is 27.5 Å². The van der Waals surface area contributed by atoms with Crippen LogP contribution in [0.3, 0.4) is 0 Å². The molecule has 0 aromatic heterocycles. The van der Waals surface area contributed by atoms with E-state index in [1.165, 1.54) is 0 Å². The summed E-state index contributed by atoms with van der Waals surface area (Å²) in [4.78, 5) is 0. The van der Waals surface area contributed by atoms with Gasteiger partial charge in [0.25, 0.3) is 0 Å². The van der Waals surface area contributed by atoms with Gasteiger partial charge in [-0.3, -0.25) is 0 Å². The lowest BCUT2D eigenvalue weighted by molar-refractivity contribution is 1.24. The van der Waals surface area contributed by atoms with Crippen LogP contribution in [0.1, 0.15) is 0 Å². The molecule has 1 N–H and O–H groups in total. The van der Waals surface area contributed by atoms with Crippen LogP contribution in [-0.4, -0.2) is 11.9 Å². The van der Waals surface area contributed by atoms with Crippen molar-refractivity contribution in [1.29, 1.82) is 0 Å². The summed E-state index contributed by atoms with van der Waals surface area (Å²) in [5.41, 5.74) is 1.11. The average molecular weight is 315 g/mol. The fourth-order valence-electron chi connectivity index (χ4n) is 0.759. The fourth-order valence-corrected chi connectivity index (χ4v) is 1.08. The lowest BCUT2D eigenvalue weighted by Crippen LogP contribution is -2.01. The van der Waals surface area contributed by atoms with Crippen LogP contribution in [-0.2, 0) is 0 Å². The van der Waals surface area contributed by atoms with Crippen molar-refractivity contribution < 1.29 is 0 Å². The minimum absolute atomic E-state index is 0. The van der Waals surface area contributed by atoms with Crippen molar-refractivity contribution in [2.24, 2.45) is 0 Å². The summed E-state index contributed by atoms with van der Waals surface area (Å²) in [5, 5.41) is 4.94. The molecule has 0 spiro atoms. The van der Waals surface area contributed by atoms with E-state index in [2.05, 4.69) is 21.2 Å². The molecule has 1 aromatic rings. The molecule has 1 aromatic carbocycles. The highest BCUT2D eigenvalue weighted by atomic mass is 79.9. The normalized spacial score (nSPS) is 8.83. The van der Waals surface area contributed by atoms with Crippen LogP contribution in [0.5, 0.6) is 0 Å². The maximum absolute atomic E-state index is 5.71. The molecule has 0 atom stereocenters. The van der Waals surface area contributed by atoms with Gasteiger partial charge >= 0.3 is 0 Å². The molecular formula is C8H10Br2ClN. The number of rotatable bonds is 3. The Bertz CT molecular complexity index is 213. The van der Waals surface area contributed by atoms with E-state index >= 15 is 0 Å². The van der Waals surface area contributed by atoms with Crippen LogP contribution in [0.25, 0.3) is 0 Å². The lowest BCUT2D eigenvalue weighted by atomic mass is 10.3.